The molecular formula is C19H18O2. The van der Waals surface area contributed by atoms with E-state index in [1.807, 2.05) is 49.4 Å². The van der Waals surface area contributed by atoms with Gasteiger partial charge in [-0.05, 0) is 37.5 Å². The van der Waals surface area contributed by atoms with Gasteiger partial charge in [-0.3, -0.25) is 4.79 Å². The molecule has 0 aliphatic carbocycles. The maximum Gasteiger partial charge on any atom is 0.197 e. The van der Waals surface area contributed by atoms with Crippen molar-refractivity contribution >= 4 is 5.78 Å². The molecule has 0 saturated carbocycles. The number of allylic oxidation sites excluding steroid dienone is 1. The summed E-state index contributed by atoms with van der Waals surface area (Å²) in [5.74, 6) is 0.727. The van der Waals surface area contributed by atoms with Crippen LogP contribution in [0.4, 0.5) is 0 Å². The molecule has 0 unspecified atom stereocenters. The Morgan fingerprint density at radius 1 is 1.19 bits per heavy atom. The van der Waals surface area contributed by atoms with E-state index < -0.39 is 0 Å². The largest absolute Gasteiger partial charge is 0.488 e. The zero-order valence-corrected chi connectivity index (χ0v) is 12.2. The number of aryl methyl sites for hydroxylation is 1. The minimum Gasteiger partial charge on any atom is -0.488 e. The van der Waals surface area contributed by atoms with Gasteiger partial charge in [0.05, 0.1) is 5.56 Å². The highest BCUT2D eigenvalue weighted by Gasteiger charge is 2.22. The molecule has 2 nitrogen and oxygen atoms in total. The molecule has 0 N–H and O–H groups in total. The van der Waals surface area contributed by atoms with Crippen LogP contribution in [0, 0.1) is 0 Å². The van der Waals surface area contributed by atoms with Crippen molar-refractivity contribution in [3.8, 4) is 5.75 Å². The molecule has 0 amide bonds. The van der Waals surface area contributed by atoms with Crippen LogP contribution in [0.15, 0.2) is 54.6 Å². The Kier molecular flexibility index (Phi) is 3.61. The maximum atomic E-state index is 12.7. The number of ketones is 1. The number of hydrogen-bond acceptors (Lipinski definition) is 2. The van der Waals surface area contributed by atoms with Gasteiger partial charge in [0.1, 0.15) is 12.4 Å². The third-order valence-electron chi connectivity index (χ3n) is 3.77. The van der Waals surface area contributed by atoms with Crippen LogP contribution >= 0.6 is 0 Å². The van der Waals surface area contributed by atoms with Crippen molar-refractivity contribution in [2.45, 2.75) is 26.4 Å². The number of rotatable bonds is 3. The van der Waals surface area contributed by atoms with Gasteiger partial charge in [0, 0.05) is 11.1 Å². The maximum absolute atomic E-state index is 12.7. The number of ether oxygens (including phenoxy) is 1. The monoisotopic (exact) mass is 278 g/mol. The van der Waals surface area contributed by atoms with Gasteiger partial charge in [0.15, 0.2) is 5.78 Å². The number of carbonyl (C=O) groups excluding carboxylic acids is 1. The normalized spacial score (nSPS) is 12.9. The molecule has 0 aromatic heterocycles. The summed E-state index contributed by atoms with van der Waals surface area (Å²) in [6, 6.07) is 13.6. The molecule has 106 valence electrons. The van der Waals surface area contributed by atoms with Gasteiger partial charge >= 0.3 is 0 Å². The van der Waals surface area contributed by atoms with E-state index in [-0.39, 0.29) is 5.78 Å². The molecule has 1 aliphatic heterocycles. The van der Waals surface area contributed by atoms with Gasteiger partial charge in [-0.2, -0.15) is 0 Å². The first-order valence-corrected chi connectivity index (χ1v) is 7.18. The van der Waals surface area contributed by atoms with E-state index in [9.17, 15) is 4.79 Å². The topological polar surface area (TPSA) is 26.3 Å². The van der Waals surface area contributed by atoms with Crippen LogP contribution < -0.4 is 4.74 Å². The zero-order chi connectivity index (χ0) is 14.8. The van der Waals surface area contributed by atoms with Gasteiger partial charge in [-0.15, -0.1) is 6.58 Å². The highest BCUT2D eigenvalue weighted by molar-refractivity contribution is 6.12. The van der Waals surface area contributed by atoms with Gasteiger partial charge in [-0.1, -0.05) is 35.9 Å². The van der Waals surface area contributed by atoms with E-state index in [0.29, 0.717) is 17.9 Å². The molecule has 0 atom stereocenters. The zero-order valence-electron chi connectivity index (χ0n) is 12.2. The van der Waals surface area contributed by atoms with Crippen molar-refractivity contribution in [2.24, 2.45) is 0 Å². The Bertz CT molecular complexity index is 713. The third-order valence-corrected chi connectivity index (χ3v) is 3.77. The van der Waals surface area contributed by atoms with Crippen LogP contribution in [0.5, 0.6) is 5.75 Å². The molecule has 2 aromatic rings. The number of benzene rings is 2. The van der Waals surface area contributed by atoms with Crippen molar-refractivity contribution in [1.82, 2.24) is 0 Å². The van der Waals surface area contributed by atoms with Crippen LogP contribution in [0.1, 0.15) is 40.4 Å². The van der Waals surface area contributed by atoms with E-state index >= 15 is 0 Å². The standard InChI is InChI=1S/C19H18O2/c1-13(2)7-8-14-9-10-18-17(11-14)19(20)16-6-4-3-5-15(16)12-21-18/h3-6,9-11H,1,7-8,12H2,2H3. The van der Waals surface area contributed by atoms with Gasteiger partial charge in [0.25, 0.3) is 0 Å². The second kappa shape index (κ2) is 5.57. The summed E-state index contributed by atoms with van der Waals surface area (Å²) >= 11 is 0. The molecule has 21 heavy (non-hydrogen) atoms. The average molecular weight is 278 g/mol. The minimum absolute atomic E-state index is 0.0512. The van der Waals surface area contributed by atoms with E-state index in [1.165, 1.54) is 0 Å². The van der Waals surface area contributed by atoms with E-state index in [0.717, 1.165) is 35.1 Å². The molecule has 0 spiro atoms. The summed E-state index contributed by atoms with van der Waals surface area (Å²) in [6.07, 6.45) is 1.84. The fourth-order valence-corrected chi connectivity index (χ4v) is 2.56. The molecule has 3 rings (SSSR count). The lowest BCUT2D eigenvalue weighted by atomic mass is 9.96. The van der Waals surface area contributed by atoms with Crippen LogP contribution in [0.2, 0.25) is 0 Å². The fourth-order valence-electron chi connectivity index (χ4n) is 2.56. The fraction of sp³-hybridized carbons (Fsp3) is 0.211. The molecule has 0 radical (unpaired) electrons. The number of carbonyl (C=O) groups is 1. The first-order valence-electron chi connectivity index (χ1n) is 7.18. The Labute approximate surface area is 125 Å². The van der Waals surface area contributed by atoms with Gasteiger partial charge in [-0.25, -0.2) is 0 Å². The molecule has 2 heteroatoms. The Hall–Kier alpha value is -2.35. The molecule has 1 heterocycles. The summed E-state index contributed by atoms with van der Waals surface area (Å²) in [5, 5.41) is 0. The van der Waals surface area contributed by atoms with E-state index in [2.05, 4.69) is 6.58 Å². The van der Waals surface area contributed by atoms with Gasteiger partial charge in [0.2, 0.25) is 0 Å². The SMILES string of the molecule is C=C(C)CCc1ccc2c(c1)C(=O)c1ccccc1CO2. The van der Waals surface area contributed by atoms with Crippen LogP contribution in [0.3, 0.4) is 0 Å². The highest BCUT2D eigenvalue weighted by atomic mass is 16.5. The van der Waals surface area contributed by atoms with Crippen molar-refractivity contribution in [1.29, 1.82) is 0 Å². The summed E-state index contributed by atoms with van der Waals surface area (Å²) in [6.45, 7) is 6.39. The average Bonchev–Trinajstić information content (AvgIpc) is 2.63. The number of fused-ring (bicyclic) bond motifs is 2. The smallest absolute Gasteiger partial charge is 0.197 e. The molecular weight excluding hydrogens is 260 g/mol. The third kappa shape index (κ3) is 2.75. The molecule has 1 aliphatic rings. The Balaban J connectivity index is 1.98. The van der Waals surface area contributed by atoms with Crippen molar-refractivity contribution in [2.75, 3.05) is 0 Å². The minimum atomic E-state index is 0.0512. The molecule has 0 saturated heterocycles. The first-order chi connectivity index (χ1) is 10.1. The first kappa shape index (κ1) is 13.6. The van der Waals surface area contributed by atoms with Crippen LogP contribution in [-0.4, -0.2) is 5.78 Å². The quantitative estimate of drug-likeness (QED) is 0.782. The lowest BCUT2D eigenvalue weighted by Gasteiger charge is -2.08. The molecule has 2 aromatic carbocycles. The molecule has 0 fully saturated rings. The highest BCUT2D eigenvalue weighted by Crippen LogP contribution is 2.29. The van der Waals surface area contributed by atoms with E-state index in [4.69, 9.17) is 4.74 Å². The second-order valence-corrected chi connectivity index (χ2v) is 5.56. The van der Waals surface area contributed by atoms with Crippen LogP contribution in [0.25, 0.3) is 0 Å². The van der Waals surface area contributed by atoms with Crippen molar-refractivity contribution in [3.05, 3.63) is 76.9 Å². The Morgan fingerprint density at radius 3 is 2.81 bits per heavy atom. The Morgan fingerprint density at radius 2 is 2.00 bits per heavy atom. The lowest BCUT2D eigenvalue weighted by Crippen LogP contribution is -2.03. The molecule has 0 bridgehead atoms. The number of hydrogen-bond donors (Lipinski definition) is 0. The van der Waals surface area contributed by atoms with Gasteiger partial charge < -0.3 is 4.74 Å². The lowest BCUT2D eigenvalue weighted by molar-refractivity contribution is 0.103. The summed E-state index contributed by atoms with van der Waals surface area (Å²) in [7, 11) is 0. The van der Waals surface area contributed by atoms with E-state index in [1.54, 1.807) is 0 Å². The van der Waals surface area contributed by atoms with Crippen LogP contribution in [-0.2, 0) is 13.0 Å². The van der Waals surface area contributed by atoms with Crippen molar-refractivity contribution < 1.29 is 9.53 Å². The van der Waals surface area contributed by atoms with Crippen molar-refractivity contribution in [3.63, 3.8) is 0 Å². The predicted molar refractivity (Wildman–Crippen MR) is 83.8 cm³/mol. The summed E-state index contributed by atoms with van der Waals surface area (Å²) in [4.78, 5) is 12.7. The second-order valence-electron chi connectivity index (χ2n) is 5.56. The summed E-state index contributed by atoms with van der Waals surface area (Å²) < 4.78 is 5.79. The summed E-state index contributed by atoms with van der Waals surface area (Å²) in [5.41, 5.74) is 4.65. The predicted octanol–water partition coefficient (Wildman–Crippen LogP) is 4.32.